The molecule has 0 saturated heterocycles. The molecule has 0 spiro atoms. The minimum absolute atomic E-state index is 0.0451. The number of anilines is 2. The van der Waals surface area contributed by atoms with E-state index in [1.54, 1.807) is 55.4 Å². The summed E-state index contributed by atoms with van der Waals surface area (Å²) in [7, 11) is -8.19. The molecule has 0 fully saturated rings. The van der Waals surface area contributed by atoms with Gasteiger partial charge in [-0.1, -0.05) is 63.1 Å². The van der Waals surface area contributed by atoms with E-state index in [1.165, 1.54) is 0 Å². The highest BCUT2D eigenvalue weighted by molar-refractivity contribution is 7.88. The number of carbonyl (C=O) groups excluding carboxylic acids is 4. The second-order valence-corrected chi connectivity index (χ2v) is 20.2. The number of imide groups is 2. The van der Waals surface area contributed by atoms with Crippen LogP contribution in [0.15, 0.2) is 43.8 Å². The van der Waals surface area contributed by atoms with E-state index in [1.807, 2.05) is 38.1 Å². The van der Waals surface area contributed by atoms with Gasteiger partial charge in [-0.05, 0) is 63.8 Å². The molecule has 2 aliphatic rings. The van der Waals surface area contributed by atoms with Crippen LogP contribution in [0.25, 0.3) is 10.8 Å². The van der Waals surface area contributed by atoms with Crippen molar-refractivity contribution in [1.29, 1.82) is 0 Å². The van der Waals surface area contributed by atoms with Crippen molar-refractivity contribution in [3.63, 3.8) is 0 Å². The monoisotopic (exact) mass is 806 g/mol. The highest BCUT2D eigenvalue weighted by Crippen LogP contribution is 2.50. The first-order valence-electron chi connectivity index (χ1n) is 17.7. The molecule has 4 unspecified atom stereocenters. The molecule has 4 atom stereocenters. The Kier molecular flexibility index (Phi) is 10.7. The van der Waals surface area contributed by atoms with Gasteiger partial charge in [-0.25, -0.2) is 9.80 Å². The van der Waals surface area contributed by atoms with E-state index in [9.17, 15) is 16.8 Å². The van der Waals surface area contributed by atoms with E-state index in [0.717, 1.165) is 20.9 Å². The zero-order valence-corrected chi connectivity index (χ0v) is 35.2. The van der Waals surface area contributed by atoms with Crippen LogP contribution < -0.4 is 9.80 Å². The van der Waals surface area contributed by atoms with E-state index >= 15 is 19.2 Å². The summed E-state index contributed by atoms with van der Waals surface area (Å²) in [6.45, 7) is 17.2. The molecule has 0 saturated carbocycles. The van der Waals surface area contributed by atoms with Gasteiger partial charge < -0.3 is 0 Å². The highest BCUT2D eigenvalue weighted by Gasteiger charge is 2.50. The lowest BCUT2D eigenvalue weighted by atomic mass is 9.84. The zero-order chi connectivity index (χ0) is 39.8. The van der Waals surface area contributed by atoms with Gasteiger partial charge >= 0.3 is 0 Å². The summed E-state index contributed by atoms with van der Waals surface area (Å²) in [5, 5.41) is -0.315. The summed E-state index contributed by atoms with van der Waals surface area (Å²) >= 11 is 0. The van der Waals surface area contributed by atoms with Gasteiger partial charge in [0, 0.05) is 33.8 Å². The van der Waals surface area contributed by atoms with E-state index < -0.39 is 66.8 Å². The van der Waals surface area contributed by atoms with Crippen molar-refractivity contribution in [2.75, 3.05) is 32.8 Å². The van der Waals surface area contributed by atoms with Crippen LogP contribution in [0.5, 0.6) is 0 Å². The van der Waals surface area contributed by atoms with Crippen LogP contribution in [-0.2, 0) is 43.2 Å². The van der Waals surface area contributed by atoms with Crippen molar-refractivity contribution in [2.24, 2.45) is 0 Å². The number of carbonyl (C=O) groups is 4. The molecule has 0 bridgehead atoms. The minimum atomic E-state index is -2.05. The zero-order valence-electron chi connectivity index (χ0n) is 31.9. The number of rotatable bonds is 10. The number of nitrogens with zero attached hydrogens (tertiary/aromatic N) is 2. The predicted octanol–water partition coefficient (Wildman–Crippen LogP) is 6.80. The van der Waals surface area contributed by atoms with Crippen molar-refractivity contribution in [1.82, 2.24) is 0 Å². The first-order valence-corrected chi connectivity index (χ1v) is 23.0. The van der Waals surface area contributed by atoms with Crippen LogP contribution in [-0.4, -0.2) is 63.5 Å². The molecule has 6 rings (SSSR count). The van der Waals surface area contributed by atoms with Crippen molar-refractivity contribution in [3.05, 3.63) is 79.9 Å². The van der Waals surface area contributed by atoms with E-state index in [0.29, 0.717) is 22.3 Å². The Morgan fingerprint density at radius 2 is 0.611 bits per heavy atom. The smallest absolute Gasteiger partial charge is 0.267 e. The largest absolute Gasteiger partial charge is 0.268 e. The van der Waals surface area contributed by atoms with Gasteiger partial charge in [0.2, 0.25) is 0 Å². The maximum Gasteiger partial charge on any atom is 0.267 e. The molecule has 0 aromatic heterocycles. The first kappa shape index (κ1) is 39.7. The Morgan fingerprint density at radius 1 is 0.407 bits per heavy atom. The molecular weight excluding hydrogens is 765 g/mol. The molecular formula is C40H42N2O8S4. The number of hydrogen-bond donors (Lipinski definition) is 0. The van der Waals surface area contributed by atoms with Crippen LogP contribution in [0.3, 0.4) is 0 Å². The third-order valence-electron chi connectivity index (χ3n) is 9.92. The van der Waals surface area contributed by atoms with E-state index in [2.05, 4.69) is 0 Å². The first-order chi connectivity index (χ1) is 25.5. The Hall–Kier alpha value is -3.98. The third-order valence-corrected chi connectivity index (χ3v) is 15.7. The normalized spacial score (nSPS) is 16.3. The molecule has 54 heavy (non-hydrogen) atoms. The summed E-state index contributed by atoms with van der Waals surface area (Å²) in [6.07, 6.45) is 0. The Labute approximate surface area is 324 Å². The molecule has 2 aliphatic heterocycles. The van der Waals surface area contributed by atoms with Crippen LogP contribution in [0, 0.1) is 41.5 Å². The Morgan fingerprint density at radius 3 is 0.796 bits per heavy atom. The maximum atomic E-state index is 15.2. The molecule has 4 aromatic carbocycles. The molecule has 0 N–H and O–H groups in total. The molecule has 14 heteroatoms. The van der Waals surface area contributed by atoms with Crippen molar-refractivity contribution < 1.29 is 36.0 Å². The van der Waals surface area contributed by atoms with Crippen LogP contribution in [0.4, 0.5) is 11.4 Å². The molecule has 10 nitrogen and oxygen atoms in total. The van der Waals surface area contributed by atoms with Crippen LogP contribution in [0.1, 0.15) is 103 Å². The molecule has 0 radical (unpaired) electrons. The topological polar surface area (TPSA) is 143 Å². The molecule has 284 valence electrons. The fourth-order valence-electron chi connectivity index (χ4n) is 8.01. The lowest BCUT2D eigenvalue weighted by Gasteiger charge is -2.37. The van der Waals surface area contributed by atoms with Gasteiger partial charge in [0.1, 0.15) is 0 Å². The summed E-state index contributed by atoms with van der Waals surface area (Å²) in [5.74, 6) is -3.69. The van der Waals surface area contributed by atoms with Gasteiger partial charge in [0.05, 0.1) is 96.4 Å². The SMILES string of the molecule is CCS(=O)c1c(S(=O)CC)c2c3c(c(S(=O)CC)c(S(=O)CC)c4c3c1C(=O)N(c1c(C)cc(C)cc1C)C4=O)C(=O)N(c1c(C)cc(C)cc1C)C2=O. The van der Waals surface area contributed by atoms with Gasteiger partial charge in [-0.2, -0.15) is 0 Å². The summed E-state index contributed by atoms with van der Waals surface area (Å²) in [5.41, 5.74) is 3.62. The summed E-state index contributed by atoms with van der Waals surface area (Å²) in [4.78, 5) is 62.0. The number of amides is 4. The van der Waals surface area contributed by atoms with Gasteiger partial charge in [-0.3, -0.25) is 36.0 Å². The number of aryl methyl sites for hydroxylation is 6. The van der Waals surface area contributed by atoms with Gasteiger partial charge in [0.15, 0.2) is 0 Å². The van der Waals surface area contributed by atoms with Crippen molar-refractivity contribution in [2.45, 2.75) is 88.8 Å². The molecule has 4 amide bonds. The average molecular weight is 807 g/mol. The summed E-state index contributed by atoms with van der Waals surface area (Å²) in [6, 6.07) is 7.24. The van der Waals surface area contributed by atoms with Gasteiger partial charge in [-0.15, -0.1) is 0 Å². The van der Waals surface area contributed by atoms with Crippen molar-refractivity contribution >= 4 is 89.0 Å². The predicted molar refractivity (Wildman–Crippen MR) is 215 cm³/mol. The van der Waals surface area contributed by atoms with E-state index in [4.69, 9.17) is 0 Å². The number of benzene rings is 4. The second kappa shape index (κ2) is 14.6. The lowest BCUT2D eigenvalue weighted by Crippen LogP contribution is -2.47. The lowest BCUT2D eigenvalue weighted by molar-refractivity contribution is 0.0866. The second-order valence-electron chi connectivity index (χ2n) is 13.5. The molecule has 0 aliphatic carbocycles. The third kappa shape index (κ3) is 5.74. The maximum absolute atomic E-state index is 15.2. The molecule has 4 aromatic rings. The quantitative estimate of drug-likeness (QED) is 0.159. The van der Waals surface area contributed by atoms with Gasteiger partial charge in [0.25, 0.3) is 23.6 Å². The standard InChI is InChI=1S/C40H42N2O8S4/c1-11-51(47)33-27-25-26-28(34(33)52(48)12-2)38(44)42(32-23(9)17-20(6)18-24(32)10)40(46)30(26)36(54(50)14-4)35(53(49)13-3)29(25)39(45)41(37(27)43)31-21(7)15-19(5)16-22(31)8/h15-18H,11-14H2,1-10H3. The Bertz CT molecular complexity index is 2190. The summed E-state index contributed by atoms with van der Waals surface area (Å²) < 4.78 is 57.7. The van der Waals surface area contributed by atoms with E-state index in [-0.39, 0.29) is 87.0 Å². The molecule has 2 heterocycles. The highest BCUT2D eigenvalue weighted by atomic mass is 32.2. The van der Waals surface area contributed by atoms with Crippen LogP contribution in [0.2, 0.25) is 0 Å². The van der Waals surface area contributed by atoms with Crippen molar-refractivity contribution in [3.8, 4) is 0 Å². The number of hydrogen-bond acceptors (Lipinski definition) is 8. The fraction of sp³-hybridized carbons (Fsp3) is 0.350. The fourth-order valence-corrected chi connectivity index (χ4v) is 13.2. The Balaban J connectivity index is 1.98. The minimum Gasteiger partial charge on any atom is -0.268 e. The van der Waals surface area contributed by atoms with Crippen LogP contribution >= 0.6 is 0 Å². The average Bonchev–Trinajstić information content (AvgIpc) is 3.12.